The first kappa shape index (κ1) is 11.1. The molecule has 1 fully saturated rings. The molecule has 0 spiro atoms. The van der Waals surface area contributed by atoms with Gasteiger partial charge in [0.05, 0.1) is 11.7 Å². The molecule has 1 aromatic heterocycles. The Bertz CT molecular complexity index is 285. The highest BCUT2D eigenvalue weighted by atomic mass is 32.1. The van der Waals surface area contributed by atoms with Gasteiger partial charge in [-0.3, -0.25) is 0 Å². The summed E-state index contributed by atoms with van der Waals surface area (Å²) in [6.07, 6.45) is 4.66. The van der Waals surface area contributed by atoms with Crippen molar-refractivity contribution in [3.8, 4) is 0 Å². The maximum absolute atomic E-state index is 10.1. The third-order valence-corrected chi connectivity index (χ3v) is 4.23. The summed E-state index contributed by atoms with van der Waals surface area (Å²) in [6, 6.07) is 2.12. The van der Waals surface area contributed by atoms with Gasteiger partial charge >= 0.3 is 0 Å². The predicted molar refractivity (Wildman–Crippen MR) is 62.2 cm³/mol. The maximum Gasteiger partial charge on any atom is 0.0936 e. The Morgan fingerprint density at radius 1 is 1.60 bits per heavy atom. The standard InChI is InChI=1S/C12H18O2S/c1-14-12(6-2-7-12)11(13)4-3-10-5-8-15-9-10/h5,8-9,11,13H,2-4,6-7H2,1H3. The van der Waals surface area contributed by atoms with Crippen LogP contribution in [0.5, 0.6) is 0 Å². The number of aliphatic hydroxyl groups is 1. The van der Waals surface area contributed by atoms with Crippen molar-refractivity contribution in [2.75, 3.05) is 7.11 Å². The summed E-state index contributed by atoms with van der Waals surface area (Å²) in [6.45, 7) is 0. The Morgan fingerprint density at radius 3 is 2.87 bits per heavy atom. The summed E-state index contributed by atoms with van der Waals surface area (Å²) >= 11 is 1.71. The second kappa shape index (κ2) is 4.64. The fourth-order valence-corrected chi connectivity index (χ4v) is 2.90. The molecule has 1 aliphatic carbocycles. The fourth-order valence-electron chi connectivity index (χ4n) is 2.20. The lowest BCUT2D eigenvalue weighted by Crippen LogP contribution is -2.50. The van der Waals surface area contributed by atoms with Gasteiger partial charge < -0.3 is 9.84 Å². The fraction of sp³-hybridized carbons (Fsp3) is 0.667. The van der Waals surface area contributed by atoms with Crippen LogP contribution in [0, 0.1) is 0 Å². The molecule has 3 heteroatoms. The summed E-state index contributed by atoms with van der Waals surface area (Å²) < 4.78 is 5.46. The van der Waals surface area contributed by atoms with Crippen LogP contribution in [0.1, 0.15) is 31.2 Å². The zero-order valence-electron chi connectivity index (χ0n) is 9.11. The zero-order valence-corrected chi connectivity index (χ0v) is 9.93. The van der Waals surface area contributed by atoms with Crippen molar-refractivity contribution in [2.45, 2.75) is 43.8 Å². The van der Waals surface area contributed by atoms with E-state index in [0.717, 1.165) is 25.7 Å². The lowest BCUT2D eigenvalue weighted by Gasteiger charge is -2.44. The highest BCUT2D eigenvalue weighted by molar-refractivity contribution is 7.07. The number of aliphatic hydroxyl groups excluding tert-OH is 1. The van der Waals surface area contributed by atoms with E-state index >= 15 is 0 Å². The molecule has 1 unspecified atom stereocenters. The van der Waals surface area contributed by atoms with E-state index in [-0.39, 0.29) is 11.7 Å². The van der Waals surface area contributed by atoms with Crippen LogP contribution in [0.3, 0.4) is 0 Å². The first-order valence-electron chi connectivity index (χ1n) is 5.51. The summed E-state index contributed by atoms with van der Waals surface area (Å²) in [5.41, 5.74) is 1.10. The molecule has 0 saturated heterocycles. The first-order valence-corrected chi connectivity index (χ1v) is 6.45. The number of aryl methyl sites for hydroxylation is 1. The van der Waals surface area contributed by atoms with E-state index in [2.05, 4.69) is 16.8 Å². The molecule has 1 heterocycles. The molecule has 0 radical (unpaired) electrons. The molecule has 84 valence electrons. The minimum atomic E-state index is -0.309. The van der Waals surface area contributed by atoms with E-state index in [1.165, 1.54) is 12.0 Å². The molecular formula is C12H18O2S. The number of hydrogen-bond acceptors (Lipinski definition) is 3. The molecule has 1 N–H and O–H groups in total. The lowest BCUT2D eigenvalue weighted by atomic mass is 9.74. The molecule has 2 rings (SSSR count). The van der Waals surface area contributed by atoms with Gasteiger partial charge in [0.15, 0.2) is 0 Å². The predicted octanol–water partition coefficient (Wildman–Crippen LogP) is 2.61. The van der Waals surface area contributed by atoms with Crippen LogP contribution in [0.2, 0.25) is 0 Å². The highest BCUT2D eigenvalue weighted by Crippen LogP contribution is 2.39. The average Bonchev–Trinajstić information content (AvgIpc) is 2.66. The van der Waals surface area contributed by atoms with E-state index in [1.807, 2.05) is 0 Å². The largest absolute Gasteiger partial charge is 0.390 e. The van der Waals surface area contributed by atoms with Crippen molar-refractivity contribution in [3.05, 3.63) is 22.4 Å². The van der Waals surface area contributed by atoms with Crippen LogP contribution >= 0.6 is 11.3 Å². The minimum absolute atomic E-state index is 0.226. The zero-order chi connectivity index (χ0) is 10.7. The van der Waals surface area contributed by atoms with E-state index in [0.29, 0.717) is 0 Å². The van der Waals surface area contributed by atoms with Crippen molar-refractivity contribution in [3.63, 3.8) is 0 Å². The van der Waals surface area contributed by atoms with Crippen molar-refractivity contribution in [1.82, 2.24) is 0 Å². The van der Waals surface area contributed by atoms with Crippen LogP contribution in [0.4, 0.5) is 0 Å². The van der Waals surface area contributed by atoms with Gasteiger partial charge in [-0.2, -0.15) is 11.3 Å². The van der Waals surface area contributed by atoms with Crippen LogP contribution in [-0.2, 0) is 11.2 Å². The SMILES string of the molecule is COC1(C(O)CCc2ccsc2)CCC1. The second-order valence-corrected chi connectivity index (χ2v) is 5.09. The third kappa shape index (κ3) is 2.25. The van der Waals surface area contributed by atoms with Crippen LogP contribution < -0.4 is 0 Å². The third-order valence-electron chi connectivity index (χ3n) is 3.50. The van der Waals surface area contributed by atoms with Gasteiger partial charge in [0, 0.05) is 7.11 Å². The van der Waals surface area contributed by atoms with Crippen molar-refractivity contribution < 1.29 is 9.84 Å². The molecule has 2 nitrogen and oxygen atoms in total. The number of ether oxygens (including phenoxy) is 1. The summed E-state index contributed by atoms with van der Waals surface area (Å²) in [5.74, 6) is 0. The first-order chi connectivity index (χ1) is 7.27. The number of thiophene rings is 1. The summed E-state index contributed by atoms with van der Waals surface area (Å²) in [5, 5.41) is 14.3. The molecule has 0 aromatic carbocycles. The number of rotatable bonds is 5. The molecule has 0 aliphatic heterocycles. The lowest BCUT2D eigenvalue weighted by molar-refractivity contribution is -0.151. The van der Waals surface area contributed by atoms with Crippen LogP contribution in [0.15, 0.2) is 16.8 Å². The van der Waals surface area contributed by atoms with Gasteiger partial charge in [0.1, 0.15) is 0 Å². The minimum Gasteiger partial charge on any atom is -0.390 e. The van der Waals surface area contributed by atoms with Gasteiger partial charge in [0.2, 0.25) is 0 Å². The van der Waals surface area contributed by atoms with Gasteiger partial charge in [-0.15, -0.1) is 0 Å². The summed E-state index contributed by atoms with van der Waals surface area (Å²) in [7, 11) is 1.72. The molecule has 1 aliphatic rings. The highest BCUT2D eigenvalue weighted by Gasteiger charge is 2.43. The topological polar surface area (TPSA) is 29.5 Å². The van der Waals surface area contributed by atoms with Crippen molar-refractivity contribution in [1.29, 1.82) is 0 Å². The average molecular weight is 226 g/mol. The second-order valence-electron chi connectivity index (χ2n) is 4.31. The molecule has 1 aromatic rings. The quantitative estimate of drug-likeness (QED) is 0.836. The summed E-state index contributed by atoms with van der Waals surface area (Å²) in [4.78, 5) is 0. The van der Waals surface area contributed by atoms with E-state index in [4.69, 9.17) is 4.74 Å². The van der Waals surface area contributed by atoms with Crippen LogP contribution in [-0.4, -0.2) is 23.9 Å². The van der Waals surface area contributed by atoms with E-state index in [9.17, 15) is 5.11 Å². The monoisotopic (exact) mass is 226 g/mol. The molecule has 1 saturated carbocycles. The van der Waals surface area contributed by atoms with E-state index in [1.54, 1.807) is 18.4 Å². The maximum atomic E-state index is 10.1. The van der Waals surface area contributed by atoms with Gasteiger partial charge in [-0.1, -0.05) is 0 Å². The molecule has 15 heavy (non-hydrogen) atoms. The van der Waals surface area contributed by atoms with Crippen molar-refractivity contribution in [2.24, 2.45) is 0 Å². The van der Waals surface area contributed by atoms with Gasteiger partial charge in [0.25, 0.3) is 0 Å². The Morgan fingerprint density at radius 2 is 2.40 bits per heavy atom. The number of methoxy groups -OCH3 is 1. The van der Waals surface area contributed by atoms with Gasteiger partial charge in [-0.25, -0.2) is 0 Å². The normalized spacial score (nSPS) is 20.9. The van der Waals surface area contributed by atoms with Crippen molar-refractivity contribution >= 4 is 11.3 Å². The molecule has 0 bridgehead atoms. The Balaban J connectivity index is 1.84. The Kier molecular flexibility index (Phi) is 3.44. The Labute approximate surface area is 94.9 Å². The molecule has 1 atom stereocenters. The Hall–Kier alpha value is -0.380. The molecular weight excluding hydrogens is 208 g/mol. The molecule has 0 amide bonds. The smallest absolute Gasteiger partial charge is 0.0936 e. The number of hydrogen-bond donors (Lipinski definition) is 1. The van der Waals surface area contributed by atoms with Crippen LogP contribution in [0.25, 0.3) is 0 Å². The van der Waals surface area contributed by atoms with Gasteiger partial charge in [-0.05, 0) is 54.5 Å². The van der Waals surface area contributed by atoms with E-state index < -0.39 is 0 Å².